The lowest BCUT2D eigenvalue weighted by Crippen LogP contribution is -2.70. The first kappa shape index (κ1) is 24.6. The molecular formula is C20H23F3N2O5S. The number of rotatable bonds is 5. The highest BCUT2D eigenvalue weighted by atomic mass is 32.2. The summed E-state index contributed by atoms with van der Waals surface area (Å²) in [5.41, 5.74) is -4.53. The Morgan fingerprint density at radius 3 is 1.94 bits per heavy atom. The summed E-state index contributed by atoms with van der Waals surface area (Å²) in [6.07, 6.45) is -0.243. The van der Waals surface area contributed by atoms with Gasteiger partial charge in [-0.15, -0.1) is 0 Å². The van der Waals surface area contributed by atoms with Crippen LogP contribution >= 0.6 is 0 Å². The first-order chi connectivity index (χ1) is 14.5. The maximum Gasteiger partial charge on any atom is 0.485 e. The standard InChI is InChI=1S/C19H23N2O2.CHF3O3S/c1-4-22-19-17(23-16-13-9-6-10-14-16)18(20(2)3)21(19)15-11-7-5-8-12-15;2-1(3,4)8(5,6)7/h5-14,17,19H,4H2,1-3H3;(H,5,6,7)/q+1;/p-1/t17-,19-;/m1./s1. The summed E-state index contributed by atoms with van der Waals surface area (Å²) in [5, 5.41) is 0. The molecule has 7 nitrogen and oxygen atoms in total. The van der Waals surface area contributed by atoms with Crippen LogP contribution in [0.3, 0.4) is 0 Å². The molecule has 2 aromatic carbocycles. The predicted molar refractivity (Wildman–Crippen MR) is 108 cm³/mol. The molecule has 1 aliphatic heterocycles. The second kappa shape index (κ2) is 10.1. The summed E-state index contributed by atoms with van der Waals surface area (Å²) in [6.45, 7) is 2.65. The van der Waals surface area contributed by atoms with Crippen LogP contribution in [0.25, 0.3) is 0 Å². The van der Waals surface area contributed by atoms with E-state index in [0.29, 0.717) is 6.61 Å². The number of hydrogen-bond donors (Lipinski definition) is 0. The number of ether oxygens (including phenoxy) is 2. The lowest BCUT2D eigenvalue weighted by Gasteiger charge is -2.42. The van der Waals surface area contributed by atoms with E-state index in [0.717, 1.165) is 17.3 Å². The lowest BCUT2D eigenvalue weighted by molar-refractivity contribution is -0.472. The number of nitrogens with zero attached hydrogens (tertiary/aromatic N) is 2. The number of hydrogen-bond acceptors (Lipinski definition) is 5. The van der Waals surface area contributed by atoms with E-state index in [1.807, 2.05) is 69.6 Å². The number of para-hydroxylation sites is 2. The first-order valence-corrected chi connectivity index (χ1v) is 10.6. The highest BCUT2D eigenvalue weighted by molar-refractivity contribution is 7.86. The SMILES string of the molecule is CCO[C@@H]1[C@H](Oc2ccccc2)C(=[N+](C)C)N1c1ccccc1.O=S(=O)([O-])C(F)(F)F. The molecule has 1 fully saturated rings. The van der Waals surface area contributed by atoms with Crippen LogP contribution in [-0.4, -0.2) is 61.9 Å². The van der Waals surface area contributed by atoms with Gasteiger partial charge in [0.2, 0.25) is 0 Å². The summed E-state index contributed by atoms with van der Waals surface area (Å²) in [5.74, 6) is 1.95. The van der Waals surface area contributed by atoms with Crippen molar-refractivity contribution >= 4 is 21.6 Å². The van der Waals surface area contributed by atoms with Crippen molar-refractivity contribution in [2.24, 2.45) is 0 Å². The third-order valence-corrected chi connectivity index (χ3v) is 4.70. The molecule has 31 heavy (non-hydrogen) atoms. The van der Waals surface area contributed by atoms with E-state index in [-0.39, 0.29) is 12.3 Å². The van der Waals surface area contributed by atoms with Gasteiger partial charge < -0.3 is 14.0 Å². The monoisotopic (exact) mass is 460 g/mol. The Kier molecular flexibility index (Phi) is 8.04. The number of benzene rings is 2. The molecule has 0 amide bonds. The van der Waals surface area contributed by atoms with E-state index in [1.165, 1.54) is 0 Å². The van der Waals surface area contributed by atoms with Crippen LogP contribution in [0.15, 0.2) is 60.7 Å². The fourth-order valence-corrected chi connectivity index (χ4v) is 2.88. The molecular weight excluding hydrogens is 437 g/mol. The van der Waals surface area contributed by atoms with Crippen molar-refractivity contribution < 1.29 is 40.2 Å². The predicted octanol–water partition coefficient (Wildman–Crippen LogP) is 3.04. The first-order valence-electron chi connectivity index (χ1n) is 9.21. The molecule has 1 aliphatic rings. The molecule has 0 spiro atoms. The minimum atomic E-state index is -6.09. The van der Waals surface area contributed by atoms with Gasteiger partial charge in [-0.2, -0.15) is 18.1 Å². The molecule has 0 radical (unpaired) electrons. The number of anilines is 1. The van der Waals surface area contributed by atoms with Crippen molar-refractivity contribution in [3.63, 3.8) is 0 Å². The van der Waals surface area contributed by atoms with E-state index >= 15 is 0 Å². The molecule has 0 aromatic heterocycles. The van der Waals surface area contributed by atoms with Crippen molar-refractivity contribution in [1.82, 2.24) is 0 Å². The average Bonchev–Trinajstić information content (AvgIpc) is 2.69. The topological polar surface area (TPSA) is 81.9 Å². The van der Waals surface area contributed by atoms with Crippen LogP contribution in [-0.2, 0) is 14.9 Å². The van der Waals surface area contributed by atoms with E-state index < -0.39 is 15.6 Å². The van der Waals surface area contributed by atoms with Crippen LogP contribution in [0.5, 0.6) is 5.75 Å². The van der Waals surface area contributed by atoms with Gasteiger partial charge in [0.1, 0.15) is 11.4 Å². The van der Waals surface area contributed by atoms with Gasteiger partial charge in [-0.05, 0) is 31.2 Å². The highest BCUT2D eigenvalue weighted by Crippen LogP contribution is 2.32. The zero-order chi connectivity index (χ0) is 23.2. The largest absolute Gasteiger partial charge is 0.741 e. The molecule has 0 aliphatic carbocycles. The van der Waals surface area contributed by atoms with Crippen molar-refractivity contribution in [2.45, 2.75) is 24.8 Å². The van der Waals surface area contributed by atoms with Gasteiger partial charge in [-0.1, -0.05) is 36.4 Å². The zero-order valence-corrected chi connectivity index (χ0v) is 17.9. The van der Waals surface area contributed by atoms with Gasteiger partial charge in [0.05, 0.1) is 14.1 Å². The number of amidine groups is 1. The van der Waals surface area contributed by atoms with Gasteiger partial charge in [0.25, 0.3) is 12.3 Å². The van der Waals surface area contributed by atoms with Crippen molar-refractivity contribution in [3.05, 3.63) is 60.7 Å². The molecule has 0 saturated carbocycles. The van der Waals surface area contributed by atoms with E-state index in [4.69, 9.17) is 22.4 Å². The third kappa shape index (κ3) is 6.18. The third-order valence-electron chi connectivity index (χ3n) is 4.13. The van der Waals surface area contributed by atoms with E-state index in [9.17, 15) is 13.2 Å². The Balaban J connectivity index is 0.000000366. The van der Waals surface area contributed by atoms with Gasteiger partial charge in [0, 0.05) is 6.61 Å². The molecule has 170 valence electrons. The molecule has 1 saturated heterocycles. The van der Waals surface area contributed by atoms with E-state index in [1.54, 1.807) is 0 Å². The maximum absolute atomic E-state index is 10.7. The fraction of sp³-hybridized carbons (Fsp3) is 0.350. The van der Waals surface area contributed by atoms with Gasteiger partial charge >= 0.3 is 11.3 Å². The summed E-state index contributed by atoms with van der Waals surface area (Å²) in [6, 6.07) is 20.2. The quantitative estimate of drug-likeness (QED) is 0.388. The van der Waals surface area contributed by atoms with Crippen molar-refractivity contribution in [3.8, 4) is 5.75 Å². The molecule has 2 aromatic rings. The normalized spacial score (nSPS) is 18.5. The molecule has 0 bridgehead atoms. The molecule has 11 heteroatoms. The smallest absolute Gasteiger partial charge is 0.485 e. The summed E-state index contributed by atoms with van der Waals surface area (Å²) in [4.78, 5) is 2.19. The van der Waals surface area contributed by atoms with Gasteiger partial charge in [-0.3, -0.25) is 4.58 Å². The van der Waals surface area contributed by atoms with Crippen molar-refractivity contribution in [2.75, 3.05) is 25.6 Å². The zero-order valence-electron chi connectivity index (χ0n) is 17.1. The molecule has 2 atom stereocenters. The van der Waals surface area contributed by atoms with Crippen molar-refractivity contribution in [1.29, 1.82) is 0 Å². The number of alkyl halides is 3. The van der Waals surface area contributed by atoms with Crippen LogP contribution in [0.2, 0.25) is 0 Å². The molecule has 1 heterocycles. The molecule has 0 N–H and O–H groups in total. The van der Waals surface area contributed by atoms with Crippen LogP contribution < -0.4 is 9.64 Å². The van der Waals surface area contributed by atoms with Gasteiger partial charge in [-0.25, -0.2) is 8.42 Å². The second-order valence-corrected chi connectivity index (χ2v) is 7.93. The Morgan fingerprint density at radius 2 is 1.52 bits per heavy atom. The van der Waals surface area contributed by atoms with Crippen LogP contribution in [0.1, 0.15) is 6.92 Å². The van der Waals surface area contributed by atoms with Crippen LogP contribution in [0, 0.1) is 0 Å². The molecule has 0 unspecified atom stereocenters. The Bertz CT molecular complexity index is 979. The lowest BCUT2D eigenvalue weighted by atomic mass is 10.0. The number of halogens is 3. The molecule has 3 rings (SSSR count). The Hall–Kier alpha value is -2.63. The highest BCUT2D eigenvalue weighted by Gasteiger charge is 2.57. The minimum absolute atomic E-state index is 0.118. The fourth-order valence-electron chi connectivity index (χ4n) is 2.88. The Labute approximate surface area is 179 Å². The Morgan fingerprint density at radius 1 is 1.03 bits per heavy atom. The summed E-state index contributed by atoms with van der Waals surface area (Å²) >= 11 is 0. The second-order valence-electron chi connectivity index (χ2n) is 6.56. The minimum Gasteiger partial charge on any atom is -0.741 e. The maximum atomic E-state index is 10.7. The summed E-state index contributed by atoms with van der Waals surface area (Å²) < 4.78 is 73.2. The average molecular weight is 460 g/mol. The van der Waals surface area contributed by atoms with E-state index in [2.05, 4.69) is 21.6 Å². The van der Waals surface area contributed by atoms with Gasteiger partial charge in [0.15, 0.2) is 10.1 Å². The van der Waals surface area contributed by atoms with Crippen LogP contribution in [0.4, 0.5) is 18.9 Å². The summed E-state index contributed by atoms with van der Waals surface area (Å²) in [7, 11) is -2.02.